The summed E-state index contributed by atoms with van der Waals surface area (Å²) < 4.78 is 25.6. The number of likely N-dealkylation sites (tertiary alicyclic amines) is 1. The van der Waals surface area contributed by atoms with E-state index in [0.29, 0.717) is 30.5 Å². The molecule has 184 valence electrons. The molecule has 2 fully saturated rings. The van der Waals surface area contributed by atoms with E-state index in [0.717, 1.165) is 44.3 Å². The molecule has 0 radical (unpaired) electrons. The van der Waals surface area contributed by atoms with Crippen LogP contribution in [0, 0.1) is 5.82 Å². The molecule has 2 aromatic rings. The van der Waals surface area contributed by atoms with Gasteiger partial charge in [0, 0.05) is 43.9 Å². The number of ether oxygens (including phenoxy) is 2. The summed E-state index contributed by atoms with van der Waals surface area (Å²) in [6.45, 7) is 10.3. The van der Waals surface area contributed by atoms with Crippen molar-refractivity contribution in [2.75, 3.05) is 26.2 Å². The topological polar surface area (TPSA) is 42.0 Å². The number of hydrogen-bond acceptors (Lipinski definition) is 4. The molecule has 2 aliphatic heterocycles. The van der Waals surface area contributed by atoms with Gasteiger partial charge in [-0.3, -0.25) is 4.79 Å². The van der Waals surface area contributed by atoms with E-state index < -0.39 is 0 Å². The van der Waals surface area contributed by atoms with Gasteiger partial charge in [-0.1, -0.05) is 18.2 Å². The molecule has 5 nitrogen and oxygen atoms in total. The molecular formula is C28H37FN2O3. The molecule has 0 saturated carbocycles. The molecular weight excluding hydrogens is 431 g/mol. The Balaban J connectivity index is 1.41. The van der Waals surface area contributed by atoms with E-state index in [2.05, 4.69) is 18.7 Å². The second-order valence-corrected chi connectivity index (χ2v) is 9.85. The van der Waals surface area contributed by atoms with Crippen LogP contribution in [-0.4, -0.2) is 59.6 Å². The van der Waals surface area contributed by atoms with Gasteiger partial charge in [0.1, 0.15) is 18.2 Å². The van der Waals surface area contributed by atoms with E-state index in [1.165, 1.54) is 12.1 Å². The number of benzene rings is 2. The van der Waals surface area contributed by atoms with Crippen LogP contribution in [0.1, 0.15) is 62.4 Å². The van der Waals surface area contributed by atoms with Crippen molar-refractivity contribution in [1.82, 2.24) is 9.80 Å². The van der Waals surface area contributed by atoms with Crippen molar-refractivity contribution in [2.24, 2.45) is 0 Å². The molecule has 0 N–H and O–H groups in total. The predicted molar refractivity (Wildman–Crippen MR) is 132 cm³/mol. The Labute approximate surface area is 202 Å². The highest BCUT2D eigenvalue weighted by Gasteiger charge is 2.42. The Morgan fingerprint density at radius 2 is 1.97 bits per heavy atom. The van der Waals surface area contributed by atoms with Gasteiger partial charge in [0.25, 0.3) is 5.91 Å². The SMILES string of the molecule is CCN(C(=O)c1cccc(OCc2cccc(F)c2)c1)C1CCOC2(CCN(C(C)C)CC2)C1. The van der Waals surface area contributed by atoms with Crippen LogP contribution in [0.25, 0.3) is 0 Å². The smallest absolute Gasteiger partial charge is 0.254 e. The average Bonchev–Trinajstić information content (AvgIpc) is 2.84. The molecule has 1 amide bonds. The molecule has 1 atom stereocenters. The van der Waals surface area contributed by atoms with Crippen LogP contribution >= 0.6 is 0 Å². The lowest BCUT2D eigenvalue weighted by Crippen LogP contribution is -2.55. The number of piperidine rings is 1. The summed E-state index contributed by atoms with van der Waals surface area (Å²) in [5.74, 6) is 0.351. The normalized spacial score (nSPS) is 20.4. The Hall–Kier alpha value is -2.44. The molecule has 2 aliphatic rings. The van der Waals surface area contributed by atoms with Crippen molar-refractivity contribution in [2.45, 2.75) is 70.7 Å². The summed E-state index contributed by atoms with van der Waals surface area (Å²) >= 11 is 0. The summed E-state index contributed by atoms with van der Waals surface area (Å²) in [4.78, 5) is 18.0. The Morgan fingerprint density at radius 1 is 1.21 bits per heavy atom. The van der Waals surface area contributed by atoms with Crippen molar-refractivity contribution >= 4 is 5.91 Å². The van der Waals surface area contributed by atoms with Crippen molar-refractivity contribution in [1.29, 1.82) is 0 Å². The van der Waals surface area contributed by atoms with E-state index in [-0.39, 0.29) is 30.0 Å². The van der Waals surface area contributed by atoms with Crippen LogP contribution < -0.4 is 4.74 Å². The van der Waals surface area contributed by atoms with Gasteiger partial charge in [-0.15, -0.1) is 0 Å². The molecule has 2 aromatic carbocycles. The maximum atomic E-state index is 13.5. The van der Waals surface area contributed by atoms with E-state index in [9.17, 15) is 9.18 Å². The van der Waals surface area contributed by atoms with Crippen molar-refractivity contribution in [3.05, 3.63) is 65.5 Å². The van der Waals surface area contributed by atoms with Gasteiger partial charge in [-0.2, -0.15) is 0 Å². The van der Waals surface area contributed by atoms with Crippen LogP contribution in [0.3, 0.4) is 0 Å². The molecule has 2 saturated heterocycles. The van der Waals surface area contributed by atoms with Gasteiger partial charge >= 0.3 is 0 Å². The number of amides is 1. The maximum Gasteiger partial charge on any atom is 0.254 e. The van der Waals surface area contributed by atoms with Gasteiger partial charge in [0.2, 0.25) is 0 Å². The molecule has 4 rings (SSSR count). The first-order chi connectivity index (χ1) is 16.4. The fourth-order valence-corrected chi connectivity index (χ4v) is 5.31. The summed E-state index contributed by atoms with van der Waals surface area (Å²) in [5, 5.41) is 0. The molecule has 2 heterocycles. The summed E-state index contributed by atoms with van der Waals surface area (Å²) in [7, 11) is 0. The van der Waals surface area contributed by atoms with E-state index in [1.807, 2.05) is 36.1 Å². The number of halogens is 1. The fourth-order valence-electron chi connectivity index (χ4n) is 5.31. The highest BCUT2D eigenvalue weighted by molar-refractivity contribution is 5.94. The molecule has 34 heavy (non-hydrogen) atoms. The lowest BCUT2D eigenvalue weighted by Gasteiger charge is -2.49. The zero-order valence-corrected chi connectivity index (χ0v) is 20.6. The lowest BCUT2D eigenvalue weighted by atomic mass is 9.81. The number of nitrogens with zero attached hydrogens (tertiary/aromatic N) is 2. The first-order valence-electron chi connectivity index (χ1n) is 12.6. The minimum Gasteiger partial charge on any atom is -0.489 e. The molecule has 0 aromatic heterocycles. The van der Waals surface area contributed by atoms with Gasteiger partial charge < -0.3 is 19.3 Å². The van der Waals surface area contributed by atoms with Gasteiger partial charge in [0.15, 0.2) is 0 Å². The van der Waals surface area contributed by atoms with Crippen LogP contribution in [0.4, 0.5) is 4.39 Å². The molecule has 6 heteroatoms. The van der Waals surface area contributed by atoms with Crippen LogP contribution in [0.5, 0.6) is 5.75 Å². The highest BCUT2D eigenvalue weighted by Crippen LogP contribution is 2.37. The largest absolute Gasteiger partial charge is 0.489 e. The van der Waals surface area contributed by atoms with E-state index in [4.69, 9.17) is 9.47 Å². The molecule has 0 bridgehead atoms. The molecule has 1 unspecified atom stereocenters. The van der Waals surface area contributed by atoms with Crippen LogP contribution in [-0.2, 0) is 11.3 Å². The maximum absolute atomic E-state index is 13.5. The highest BCUT2D eigenvalue weighted by atomic mass is 19.1. The molecule has 1 spiro atoms. The Kier molecular flexibility index (Phi) is 7.89. The summed E-state index contributed by atoms with van der Waals surface area (Å²) in [5.41, 5.74) is 1.26. The minimum absolute atomic E-state index is 0.0281. The molecule has 0 aliphatic carbocycles. The quantitative estimate of drug-likeness (QED) is 0.554. The number of hydrogen-bond donors (Lipinski definition) is 0. The average molecular weight is 469 g/mol. The van der Waals surface area contributed by atoms with Crippen molar-refractivity contribution < 1.29 is 18.7 Å². The second kappa shape index (κ2) is 10.9. The van der Waals surface area contributed by atoms with Crippen molar-refractivity contribution in [3.63, 3.8) is 0 Å². The zero-order valence-electron chi connectivity index (χ0n) is 20.6. The van der Waals surface area contributed by atoms with Gasteiger partial charge in [-0.25, -0.2) is 4.39 Å². The fraction of sp³-hybridized carbons (Fsp3) is 0.536. The standard InChI is InChI=1S/C28H37FN2O3/c1-4-31(25-11-16-34-28(19-25)12-14-30(15-13-28)21(2)3)27(32)23-8-6-10-26(18-23)33-20-22-7-5-9-24(29)17-22/h5-10,17-18,21,25H,4,11-16,19-20H2,1-3H3. The van der Waals surface area contributed by atoms with Gasteiger partial charge in [-0.05, 0) is 82.3 Å². The lowest BCUT2D eigenvalue weighted by molar-refractivity contribution is -0.131. The number of rotatable bonds is 7. The monoisotopic (exact) mass is 468 g/mol. The number of carbonyl (C=O) groups excluding carboxylic acids is 1. The second-order valence-electron chi connectivity index (χ2n) is 9.85. The third-order valence-corrected chi connectivity index (χ3v) is 7.32. The van der Waals surface area contributed by atoms with Crippen LogP contribution in [0.15, 0.2) is 48.5 Å². The van der Waals surface area contributed by atoms with Gasteiger partial charge in [0.05, 0.1) is 5.60 Å². The third-order valence-electron chi connectivity index (χ3n) is 7.32. The first kappa shape index (κ1) is 24.7. The van der Waals surface area contributed by atoms with Crippen molar-refractivity contribution in [3.8, 4) is 5.75 Å². The Morgan fingerprint density at radius 3 is 2.68 bits per heavy atom. The predicted octanol–water partition coefficient (Wildman–Crippen LogP) is 5.29. The number of carbonyl (C=O) groups is 1. The Bertz CT molecular complexity index is 972. The van der Waals surface area contributed by atoms with Crippen LogP contribution in [0.2, 0.25) is 0 Å². The zero-order chi connectivity index (χ0) is 24.1. The summed E-state index contributed by atoms with van der Waals surface area (Å²) in [6.07, 6.45) is 3.81. The minimum atomic E-state index is -0.285. The van der Waals surface area contributed by atoms with E-state index >= 15 is 0 Å². The first-order valence-corrected chi connectivity index (χ1v) is 12.6. The van der Waals surface area contributed by atoms with E-state index in [1.54, 1.807) is 12.1 Å². The third kappa shape index (κ3) is 5.78. The summed E-state index contributed by atoms with van der Waals surface area (Å²) in [6, 6.07) is 14.4.